The molecule has 3 atom stereocenters. The molecule has 0 spiro atoms. The lowest BCUT2D eigenvalue weighted by atomic mass is 9.96. The zero-order valence-electron chi connectivity index (χ0n) is 16.1. The highest BCUT2D eigenvalue weighted by molar-refractivity contribution is 7.93. The Hall–Kier alpha value is -2.03. The van der Waals surface area contributed by atoms with Gasteiger partial charge in [-0.15, -0.1) is 0 Å². The summed E-state index contributed by atoms with van der Waals surface area (Å²) in [6, 6.07) is -0.526. The van der Waals surface area contributed by atoms with Crippen molar-refractivity contribution in [3.63, 3.8) is 0 Å². The summed E-state index contributed by atoms with van der Waals surface area (Å²) in [5.74, 6) is 0.490. The Kier molecular flexibility index (Phi) is 6.32. The van der Waals surface area contributed by atoms with Crippen LogP contribution >= 0.6 is 0 Å². The van der Waals surface area contributed by atoms with Gasteiger partial charge in [0.2, 0.25) is 5.88 Å². The van der Waals surface area contributed by atoms with E-state index in [-0.39, 0.29) is 17.4 Å². The Bertz CT molecular complexity index is 855. The predicted molar refractivity (Wildman–Crippen MR) is 103 cm³/mol. The molecule has 154 valence electrons. The Balaban J connectivity index is 1.78. The van der Waals surface area contributed by atoms with E-state index in [1.807, 2.05) is 0 Å². The van der Waals surface area contributed by atoms with Crippen LogP contribution < -0.4 is 10.1 Å². The maximum Gasteiger partial charge on any atom is 0.258 e. The van der Waals surface area contributed by atoms with Crippen LogP contribution in [-0.4, -0.2) is 48.9 Å². The zero-order chi connectivity index (χ0) is 20.3. The van der Waals surface area contributed by atoms with Crippen LogP contribution in [0.5, 0.6) is 5.88 Å². The minimum Gasteiger partial charge on any atom is -0.471 e. The summed E-state index contributed by atoms with van der Waals surface area (Å²) >= 11 is 0. The molecular weight excluding hydrogens is 385 g/mol. The van der Waals surface area contributed by atoms with E-state index in [4.69, 9.17) is 4.74 Å². The average molecular weight is 411 g/mol. The summed E-state index contributed by atoms with van der Waals surface area (Å²) < 4.78 is 42.5. The summed E-state index contributed by atoms with van der Waals surface area (Å²) in [4.78, 5) is 21.3. The number of hydrogen-bond acceptors (Lipinski definition) is 6. The van der Waals surface area contributed by atoms with Crippen LogP contribution in [0, 0.1) is 0 Å². The molecule has 28 heavy (non-hydrogen) atoms. The van der Waals surface area contributed by atoms with E-state index in [0.29, 0.717) is 18.7 Å². The molecule has 0 saturated heterocycles. The Morgan fingerprint density at radius 1 is 1.32 bits per heavy atom. The molecule has 0 aliphatic heterocycles. The highest BCUT2D eigenvalue weighted by Crippen LogP contribution is 2.39. The van der Waals surface area contributed by atoms with Crippen molar-refractivity contribution in [2.24, 2.45) is 0 Å². The van der Waals surface area contributed by atoms with E-state index in [1.54, 1.807) is 6.92 Å². The van der Waals surface area contributed by atoms with E-state index in [1.165, 1.54) is 12.3 Å². The van der Waals surface area contributed by atoms with Gasteiger partial charge in [-0.25, -0.2) is 17.8 Å². The van der Waals surface area contributed by atoms with E-state index in [2.05, 4.69) is 15.3 Å². The quantitative estimate of drug-likeness (QED) is 0.741. The summed E-state index contributed by atoms with van der Waals surface area (Å²) in [6.45, 7) is 1.65. The molecule has 9 heteroatoms. The first kappa shape index (κ1) is 20.7. The third-order valence-corrected chi connectivity index (χ3v) is 5.47. The van der Waals surface area contributed by atoms with Gasteiger partial charge in [0.05, 0.1) is 0 Å². The van der Waals surface area contributed by atoms with Crippen molar-refractivity contribution in [2.75, 3.05) is 6.26 Å². The smallest absolute Gasteiger partial charge is 0.258 e. The van der Waals surface area contributed by atoms with Crippen molar-refractivity contribution in [3.8, 4) is 5.88 Å². The fraction of sp³-hybridized carbons (Fsp3) is 0.632. The number of aromatic nitrogens is 2. The fourth-order valence-electron chi connectivity index (χ4n) is 3.08. The minimum absolute atomic E-state index is 0.100. The number of nitrogens with zero attached hydrogens (tertiary/aromatic N) is 2. The second-order valence-electron chi connectivity index (χ2n) is 7.60. The normalized spacial score (nSPS) is 24.1. The Morgan fingerprint density at radius 3 is 2.68 bits per heavy atom. The average Bonchev–Trinajstić information content (AvgIpc) is 3.46. The molecule has 1 amide bonds. The van der Waals surface area contributed by atoms with Crippen LogP contribution in [0.2, 0.25) is 0 Å². The number of alkyl halides is 1. The molecule has 1 aromatic rings. The lowest BCUT2D eigenvalue weighted by molar-refractivity contribution is 0.0582. The van der Waals surface area contributed by atoms with Crippen LogP contribution in [0.15, 0.2) is 17.7 Å². The van der Waals surface area contributed by atoms with Crippen molar-refractivity contribution in [1.29, 1.82) is 0 Å². The third-order valence-electron chi connectivity index (χ3n) is 4.82. The molecule has 2 aliphatic carbocycles. The topological polar surface area (TPSA) is 98.2 Å². The molecule has 0 bridgehead atoms. The monoisotopic (exact) mass is 411 g/mol. The molecule has 0 unspecified atom stereocenters. The van der Waals surface area contributed by atoms with E-state index >= 15 is 0 Å². The van der Waals surface area contributed by atoms with Gasteiger partial charge in [0.15, 0.2) is 9.84 Å². The number of carbonyl (C=O) groups excluding carboxylic acids is 1. The van der Waals surface area contributed by atoms with Gasteiger partial charge in [-0.1, -0.05) is 12.5 Å². The molecule has 1 N–H and O–H groups in total. The van der Waals surface area contributed by atoms with Crippen molar-refractivity contribution in [2.45, 2.75) is 69.7 Å². The van der Waals surface area contributed by atoms with E-state index in [0.717, 1.165) is 37.3 Å². The van der Waals surface area contributed by atoms with Crippen molar-refractivity contribution in [1.82, 2.24) is 15.3 Å². The molecule has 1 heterocycles. The van der Waals surface area contributed by atoms with Crippen LogP contribution in [-0.2, 0) is 9.84 Å². The van der Waals surface area contributed by atoms with Crippen molar-refractivity contribution in [3.05, 3.63) is 29.1 Å². The lowest BCUT2D eigenvalue weighted by Gasteiger charge is -2.27. The fourth-order valence-corrected chi connectivity index (χ4v) is 3.60. The molecule has 2 saturated carbocycles. The van der Waals surface area contributed by atoms with Gasteiger partial charge in [0.25, 0.3) is 5.91 Å². The van der Waals surface area contributed by atoms with Crippen LogP contribution in [0.25, 0.3) is 0 Å². The number of hydrogen-bond donors (Lipinski definition) is 1. The molecule has 0 radical (unpaired) electrons. The van der Waals surface area contributed by atoms with Gasteiger partial charge in [-0.3, -0.25) is 4.79 Å². The second-order valence-corrected chi connectivity index (χ2v) is 9.53. The van der Waals surface area contributed by atoms with Crippen molar-refractivity contribution >= 4 is 15.7 Å². The first-order valence-corrected chi connectivity index (χ1v) is 11.5. The number of rotatable bonds is 7. The van der Waals surface area contributed by atoms with E-state index in [9.17, 15) is 17.6 Å². The SMILES string of the molecule is C[C@@H](/C=C/S(C)(=O)=O)NC(=O)c1cnc(C2CC2)nc1O[C@@H]1CCCC[C@H]1F. The molecule has 2 fully saturated rings. The number of halogens is 1. The Labute approximate surface area is 164 Å². The third kappa shape index (κ3) is 5.73. The lowest BCUT2D eigenvalue weighted by Crippen LogP contribution is -2.35. The predicted octanol–water partition coefficient (Wildman–Crippen LogP) is 2.69. The van der Waals surface area contributed by atoms with Gasteiger partial charge in [-0.2, -0.15) is 4.98 Å². The van der Waals surface area contributed by atoms with Gasteiger partial charge in [-0.05, 0) is 39.0 Å². The number of amides is 1. The minimum atomic E-state index is -3.28. The summed E-state index contributed by atoms with van der Waals surface area (Å²) in [7, 11) is -3.28. The van der Waals surface area contributed by atoms with Crippen LogP contribution in [0.4, 0.5) is 4.39 Å². The Morgan fingerprint density at radius 2 is 2.04 bits per heavy atom. The van der Waals surface area contributed by atoms with E-state index < -0.39 is 34.1 Å². The maximum absolute atomic E-state index is 14.2. The molecular formula is C19H26FN3O4S. The number of nitrogens with one attached hydrogen (secondary N) is 1. The highest BCUT2D eigenvalue weighted by atomic mass is 32.2. The van der Waals surface area contributed by atoms with Crippen LogP contribution in [0.3, 0.4) is 0 Å². The van der Waals surface area contributed by atoms with Crippen LogP contribution in [0.1, 0.15) is 67.5 Å². The van der Waals surface area contributed by atoms with Gasteiger partial charge in [0, 0.05) is 29.8 Å². The zero-order valence-corrected chi connectivity index (χ0v) is 16.9. The molecule has 1 aromatic heterocycles. The van der Waals surface area contributed by atoms with Gasteiger partial charge >= 0.3 is 0 Å². The molecule has 2 aliphatic rings. The summed E-state index contributed by atoms with van der Waals surface area (Å²) in [6.07, 6.45) is 6.88. The maximum atomic E-state index is 14.2. The largest absolute Gasteiger partial charge is 0.471 e. The molecule has 0 aromatic carbocycles. The number of carbonyl (C=O) groups is 1. The molecule has 3 rings (SSSR count). The highest BCUT2D eigenvalue weighted by Gasteiger charge is 2.31. The van der Waals surface area contributed by atoms with Gasteiger partial charge < -0.3 is 10.1 Å². The second kappa shape index (κ2) is 8.55. The van der Waals surface area contributed by atoms with Crippen molar-refractivity contribution < 1.29 is 22.3 Å². The number of sulfone groups is 1. The first-order valence-electron chi connectivity index (χ1n) is 9.59. The summed E-state index contributed by atoms with van der Waals surface area (Å²) in [5.41, 5.74) is 0.127. The molecule has 7 nitrogen and oxygen atoms in total. The summed E-state index contributed by atoms with van der Waals surface area (Å²) in [5, 5.41) is 3.72. The number of ether oxygens (including phenoxy) is 1. The standard InChI is InChI=1S/C19H26FN3O4S/c1-12(9-10-28(2,25)26)22-18(24)14-11-21-17(13-7-8-13)23-19(14)27-16-6-4-3-5-15(16)20/h9-13,15-16H,3-8H2,1-2H3,(H,22,24)/b10-9+/t12-,15+,16+/m0/s1. The first-order chi connectivity index (χ1) is 13.2. The van der Waals surface area contributed by atoms with Gasteiger partial charge in [0.1, 0.15) is 23.7 Å².